The zero-order valence-electron chi connectivity index (χ0n) is 7.07. The van der Waals surface area contributed by atoms with Gasteiger partial charge < -0.3 is 9.47 Å². The first-order valence-electron chi connectivity index (χ1n) is 3.37. The summed E-state index contributed by atoms with van der Waals surface area (Å²) in [5, 5.41) is 0. The summed E-state index contributed by atoms with van der Waals surface area (Å²) in [5.74, 6) is -0.412. The van der Waals surface area contributed by atoms with Crippen LogP contribution in [0.5, 0.6) is 0 Å². The van der Waals surface area contributed by atoms with Crippen LogP contribution in [0.4, 0.5) is 0 Å². The van der Waals surface area contributed by atoms with Crippen LogP contribution in [0.25, 0.3) is 0 Å². The van der Waals surface area contributed by atoms with Gasteiger partial charge in [-0.2, -0.15) is 9.22 Å². The second-order valence-electron chi connectivity index (χ2n) is 1.62. The van der Waals surface area contributed by atoms with Gasteiger partial charge in [0.05, 0.1) is 6.61 Å². The Balaban J connectivity index is 3.03. The van der Waals surface area contributed by atoms with Crippen LogP contribution in [0.3, 0.4) is 0 Å². The van der Waals surface area contributed by atoms with E-state index in [1.165, 1.54) is 0 Å². The third kappa shape index (κ3) is 7.80. The molecule has 0 aromatic rings. The molecule has 0 amide bonds. The molecule has 0 aromatic carbocycles. The fraction of sp³-hybridized carbons (Fsp3) is 0.833. The number of ether oxygens (including phenoxy) is 2. The largest absolute Gasteiger partial charge is 0.464 e. The predicted molar refractivity (Wildman–Crippen MR) is 43.1 cm³/mol. The summed E-state index contributed by atoms with van der Waals surface area (Å²) in [7, 11) is 0. The van der Waals surface area contributed by atoms with E-state index in [0.717, 1.165) is 12.0 Å². The Bertz CT molecular complexity index is 119. The second-order valence-corrected chi connectivity index (χ2v) is 2.09. The van der Waals surface area contributed by atoms with E-state index in [9.17, 15) is 4.79 Å². The van der Waals surface area contributed by atoms with E-state index in [1.54, 1.807) is 13.2 Å². The Morgan fingerprint density at radius 2 is 2.25 bits per heavy atom. The van der Waals surface area contributed by atoms with Gasteiger partial charge in [0, 0.05) is 18.3 Å². The summed E-state index contributed by atoms with van der Waals surface area (Å²) >= 11 is 1.05. The van der Waals surface area contributed by atoms with Crippen molar-refractivity contribution < 1.29 is 23.5 Å². The van der Waals surface area contributed by atoms with Crippen molar-refractivity contribution in [2.24, 2.45) is 0 Å². The minimum Gasteiger partial charge on any atom is -0.464 e. The topological polar surface area (TPSA) is 54.0 Å². The summed E-state index contributed by atoms with van der Waals surface area (Å²) in [6.07, 6.45) is 1.70. The smallest absolute Gasteiger partial charge is 0.332 e. The van der Waals surface area contributed by atoms with Crippen LogP contribution in [0.2, 0.25) is 0 Å². The van der Waals surface area contributed by atoms with Crippen molar-refractivity contribution >= 4 is 18.0 Å². The van der Waals surface area contributed by atoms with E-state index < -0.39 is 5.97 Å². The number of rotatable bonds is 7. The van der Waals surface area contributed by atoms with Gasteiger partial charge in [-0.15, -0.1) is 0 Å². The van der Waals surface area contributed by atoms with E-state index >= 15 is 0 Å². The first-order valence-corrected chi connectivity index (χ1v) is 4.52. The number of hydrogen-bond donors (Lipinski definition) is 0. The molecule has 0 heterocycles. The van der Waals surface area contributed by atoms with Gasteiger partial charge in [0.25, 0.3) is 0 Å². The molecule has 0 bridgehead atoms. The van der Waals surface area contributed by atoms with Crippen LogP contribution in [-0.2, 0) is 23.5 Å². The lowest BCUT2D eigenvalue weighted by Gasteiger charge is -2.02. The van der Waals surface area contributed by atoms with Gasteiger partial charge >= 0.3 is 5.97 Å². The zero-order chi connectivity index (χ0) is 9.23. The molecule has 0 aliphatic rings. The van der Waals surface area contributed by atoms with Crippen molar-refractivity contribution in [3.63, 3.8) is 0 Å². The molecule has 0 N–H and O–H groups in total. The van der Waals surface area contributed by atoms with Crippen molar-refractivity contribution in [2.75, 3.05) is 26.3 Å². The van der Waals surface area contributed by atoms with E-state index in [4.69, 9.17) is 4.74 Å². The average molecular weight is 196 g/mol. The summed E-state index contributed by atoms with van der Waals surface area (Å²) < 4.78 is 13.7. The molecule has 0 aliphatic heterocycles. The first kappa shape index (κ1) is 11.7. The molecule has 6 heteroatoms. The van der Waals surface area contributed by atoms with Crippen molar-refractivity contribution in [1.82, 2.24) is 0 Å². The normalized spacial score (nSPS) is 9.83. The second kappa shape index (κ2) is 8.79. The number of esters is 1. The molecule has 5 nitrogen and oxygen atoms in total. The SMILES string of the molecule is CCOC(=O)COCOOSC. The molecule has 0 saturated carbocycles. The van der Waals surface area contributed by atoms with Crippen LogP contribution < -0.4 is 0 Å². The van der Waals surface area contributed by atoms with Crippen LogP contribution in [0.1, 0.15) is 6.92 Å². The molecule has 0 radical (unpaired) electrons. The monoisotopic (exact) mass is 196 g/mol. The molecular weight excluding hydrogens is 184 g/mol. The maximum Gasteiger partial charge on any atom is 0.332 e. The van der Waals surface area contributed by atoms with E-state index in [1.807, 2.05) is 0 Å². The van der Waals surface area contributed by atoms with E-state index in [-0.39, 0.29) is 13.4 Å². The summed E-state index contributed by atoms with van der Waals surface area (Å²) in [5.41, 5.74) is 0. The highest BCUT2D eigenvalue weighted by Gasteiger charge is 2.00. The lowest BCUT2D eigenvalue weighted by atomic mass is 10.7. The van der Waals surface area contributed by atoms with Crippen molar-refractivity contribution in [3.8, 4) is 0 Å². The summed E-state index contributed by atoms with van der Waals surface area (Å²) in [6, 6.07) is 0. The predicted octanol–water partition coefficient (Wildman–Crippen LogP) is 0.750. The molecular formula is C6H12O5S. The zero-order valence-corrected chi connectivity index (χ0v) is 7.89. The highest BCUT2D eigenvalue weighted by atomic mass is 32.2. The standard InChI is InChI=1S/C6H12O5S/c1-3-9-6(7)4-8-5-10-11-12-2/h3-5H2,1-2H3. The Morgan fingerprint density at radius 1 is 1.50 bits per heavy atom. The van der Waals surface area contributed by atoms with Crippen LogP contribution in [0, 0.1) is 0 Å². The Labute approximate surface area is 75.4 Å². The maximum atomic E-state index is 10.6. The van der Waals surface area contributed by atoms with Gasteiger partial charge in [-0.3, -0.25) is 0 Å². The Hall–Kier alpha value is -0.300. The molecule has 0 atom stereocenters. The lowest BCUT2D eigenvalue weighted by molar-refractivity contribution is -0.254. The van der Waals surface area contributed by atoms with E-state index in [0.29, 0.717) is 6.61 Å². The summed E-state index contributed by atoms with van der Waals surface area (Å²) in [4.78, 5) is 15.1. The molecule has 0 aliphatic carbocycles. The highest BCUT2D eigenvalue weighted by Crippen LogP contribution is 1.94. The minimum atomic E-state index is -0.412. The van der Waals surface area contributed by atoms with Gasteiger partial charge in [0.15, 0.2) is 6.79 Å². The molecule has 12 heavy (non-hydrogen) atoms. The van der Waals surface area contributed by atoms with Gasteiger partial charge in [0.2, 0.25) is 0 Å². The van der Waals surface area contributed by atoms with Gasteiger partial charge in [-0.1, -0.05) is 0 Å². The maximum absolute atomic E-state index is 10.6. The summed E-state index contributed by atoms with van der Waals surface area (Å²) in [6.45, 7) is 1.88. The highest BCUT2D eigenvalue weighted by molar-refractivity contribution is 7.93. The van der Waals surface area contributed by atoms with Gasteiger partial charge in [0.1, 0.15) is 6.61 Å². The fourth-order valence-electron chi connectivity index (χ4n) is 0.429. The molecule has 0 fully saturated rings. The van der Waals surface area contributed by atoms with Crippen LogP contribution in [-0.4, -0.2) is 32.2 Å². The van der Waals surface area contributed by atoms with Crippen molar-refractivity contribution in [1.29, 1.82) is 0 Å². The minimum absolute atomic E-state index is 0.0837. The molecule has 0 unspecified atom stereocenters. The van der Waals surface area contributed by atoms with Crippen molar-refractivity contribution in [2.45, 2.75) is 6.92 Å². The molecule has 0 rings (SSSR count). The molecule has 0 spiro atoms. The first-order chi connectivity index (χ1) is 5.81. The number of carbonyl (C=O) groups is 1. The average Bonchev–Trinajstić information content (AvgIpc) is 2.05. The third-order valence-corrected chi connectivity index (χ3v) is 1.01. The molecule has 0 aromatic heterocycles. The quantitative estimate of drug-likeness (QED) is 0.149. The fourth-order valence-corrected chi connectivity index (χ4v) is 0.565. The van der Waals surface area contributed by atoms with Crippen LogP contribution in [0.15, 0.2) is 0 Å². The molecule has 72 valence electrons. The Morgan fingerprint density at radius 3 is 2.83 bits per heavy atom. The Kier molecular flexibility index (Phi) is 8.57. The van der Waals surface area contributed by atoms with Gasteiger partial charge in [-0.25, -0.2) is 4.79 Å². The van der Waals surface area contributed by atoms with Crippen LogP contribution >= 0.6 is 12.0 Å². The van der Waals surface area contributed by atoms with Gasteiger partial charge in [-0.05, 0) is 6.92 Å². The van der Waals surface area contributed by atoms with Crippen molar-refractivity contribution in [3.05, 3.63) is 0 Å². The number of hydrogen-bond acceptors (Lipinski definition) is 6. The molecule has 0 saturated heterocycles. The number of carbonyl (C=O) groups excluding carboxylic acids is 1. The lowest BCUT2D eigenvalue weighted by Crippen LogP contribution is -2.13. The third-order valence-electron chi connectivity index (χ3n) is 0.773. The van der Waals surface area contributed by atoms with E-state index in [2.05, 4.69) is 14.0 Å².